The smallest absolute Gasteiger partial charge is 0.0897 e. The van der Waals surface area contributed by atoms with Crippen LogP contribution in [-0.2, 0) is 13.0 Å². The van der Waals surface area contributed by atoms with Gasteiger partial charge in [0, 0.05) is 24.1 Å². The van der Waals surface area contributed by atoms with Gasteiger partial charge in [0.25, 0.3) is 0 Å². The predicted molar refractivity (Wildman–Crippen MR) is 66.2 cm³/mol. The first-order chi connectivity index (χ1) is 7.69. The fraction of sp³-hybridized carbons (Fsp3) is 0.500. The van der Waals surface area contributed by atoms with Crippen molar-refractivity contribution in [2.45, 2.75) is 19.1 Å². The van der Waals surface area contributed by atoms with Crippen molar-refractivity contribution in [2.75, 3.05) is 19.7 Å². The Morgan fingerprint density at radius 3 is 2.94 bits per heavy atom. The number of aliphatic hydroxyl groups excluding tert-OH is 2. The Morgan fingerprint density at radius 2 is 2.19 bits per heavy atom. The van der Waals surface area contributed by atoms with E-state index in [2.05, 4.69) is 33.0 Å². The molecule has 1 atom stereocenters. The van der Waals surface area contributed by atoms with Crippen molar-refractivity contribution in [3.8, 4) is 0 Å². The highest BCUT2D eigenvalue weighted by Gasteiger charge is 2.18. The molecule has 1 aromatic rings. The molecule has 16 heavy (non-hydrogen) atoms. The number of nitrogens with zero attached hydrogens (tertiary/aromatic N) is 1. The first-order valence-electron chi connectivity index (χ1n) is 5.47. The van der Waals surface area contributed by atoms with Crippen LogP contribution in [0.5, 0.6) is 0 Å². The molecule has 0 radical (unpaired) electrons. The Morgan fingerprint density at radius 1 is 1.38 bits per heavy atom. The summed E-state index contributed by atoms with van der Waals surface area (Å²) in [5, 5.41) is 18.2. The molecule has 0 fully saturated rings. The summed E-state index contributed by atoms with van der Waals surface area (Å²) in [6.45, 7) is 2.19. The number of fused-ring (bicyclic) bond motifs is 1. The van der Waals surface area contributed by atoms with Gasteiger partial charge in [0.2, 0.25) is 0 Å². The molecule has 2 rings (SSSR count). The third-order valence-corrected chi connectivity index (χ3v) is 3.43. The Hall–Kier alpha value is -0.420. The van der Waals surface area contributed by atoms with Gasteiger partial charge >= 0.3 is 0 Å². The summed E-state index contributed by atoms with van der Waals surface area (Å²) < 4.78 is 1.12. The van der Waals surface area contributed by atoms with Crippen molar-refractivity contribution in [3.05, 3.63) is 33.8 Å². The van der Waals surface area contributed by atoms with Crippen LogP contribution in [0.3, 0.4) is 0 Å². The van der Waals surface area contributed by atoms with Gasteiger partial charge < -0.3 is 10.2 Å². The molecule has 0 aromatic heterocycles. The molecule has 1 aliphatic heterocycles. The minimum atomic E-state index is -0.628. The zero-order valence-electron chi connectivity index (χ0n) is 9.06. The van der Waals surface area contributed by atoms with Crippen molar-refractivity contribution < 1.29 is 10.2 Å². The van der Waals surface area contributed by atoms with Crippen LogP contribution in [0.1, 0.15) is 11.1 Å². The monoisotopic (exact) mass is 285 g/mol. The SMILES string of the molecule is OCC(O)CN1CCc2cc(Br)ccc2C1. The van der Waals surface area contributed by atoms with Crippen molar-refractivity contribution in [1.29, 1.82) is 0 Å². The maximum atomic E-state index is 9.40. The third-order valence-electron chi connectivity index (χ3n) is 2.94. The molecule has 0 saturated heterocycles. The molecule has 0 aliphatic carbocycles. The van der Waals surface area contributed by atoms with Crippen LogP contribution in [0, 0.1) is 0 Å². The quantitative estimate of drug-likeness (QED) is 0.876. The molecule has 0 amide bonds. The summed E-state index contributed by atoms with van der Waals surface area (Å²) >= 11 is 3.47. The van der Waals surface area contributed by atoms with E-state index in [9.17, 15) is 5.11 Å². The first kappa shape index (κ1) is 12.0. The topological polar surface area (TPSA) is 43.7 Å². The van der Waals surface area contributed by atoms with E-state index in [-0.39, 0.29) is 6.61 Å². The Kier molecular flexibility index (Phi) is 3.97. The van der Waals surface area contributed by atoms with Gasteiger partial charge in [0.1, 0.15) is 0 Å². The highest BCUT2D eigenvalue weighted by atomic mass is 79.9. The second-order valence-corrected chi connectivity index (χ2v) is 5.15. The van der Waals surface area contributed by atoms with E-state index in [1.807, 2.05) is 6.07 Å². The summed E-state index contributed by atoms with van der Waals surface area (Å²) in [5.74, 6) is 0. The van der Waals surface area contributed by atoms with Crippen LogP contribution in [0.4, 0.5) is 0 Å². The molecule has 88 valence electrons. The maximum absolute atomic E-state index is 9.40. The fourth-order valence-electron chi connectivity index (χ4n) is 2.09. The Bertz CT molecular complexity index is 370. The van der Waals surface area contributed by atoms with Gasteiger partial charge in [-0.25, -0.2) is 0 Å². The largest absolute Gasteiger partial charge is 0.394 e. The van der Waals surface area contributed by atoms with Crippen LogP contribution >= 0.6 is 15.9 Å². The van der Waals surface area contributed by atoms with Crippen LogP contribution < -0.4 is 0 Å². The zero-order chi connectivity index (χ0) is 11.5. The molecule has 1 unspecified atom stereocenters. The van der Waals surface area contributed by atoms with Gasteiger partial charge in [-0.2, -0.15) is 0 Å². The van der Waals surface area contributed by atoms with Crippen molar-refractivity contribution in [2.24, 2.45) is 0 Å². The normalized spacial score (nSPS) is 18.2. The highest BCUT2D eigenvalue weighted by molar-refractivity contribution is 9.10. The lowest BCUT2D eigenvalue weighted by molar-refractivity contribution is 0.0551. The summed E-state index contributed by atoms with van der Waals surface area (Å²) in [5.41, 5.74) is 2.70. The van der Waals surface area contributed by atoms with Crippen LogP contribution in [0.15, 0.2) is 22.7 Å². The van der Waals surface area contributed by atoms with Crippen LogP contribution in [0.2, 0.25) is 0 Å². The standard InChI is InChI=1S/C12H16BrNO2/c13-11-2-1-10-6-14(7-12(16)8-15)4-3-9(10)5-11/h1-2,5,12,15-16H,3-4,6-8H2. The minimum Gasteiger partial charge on any atom is -0.394 e. The highest BCUT2D eigenvalue weighted by Crippen LogP contribution is 2.22. The number of rotatable bonds is 3. The van der Waals surface area contributed by atoms with Gasteiger partial charge in [-0.15, -0.1) is 0 Å². The van der Waals surface area contributed by atoms with Crippen LogP contribution in [0.25, 0.3) is 0 Å². The van der Waals surface area contributed by atoms with E-state index >= 15 is 0 Å². The van der Waals surface area contributed by atoms with E-state index in [1.54, 1.807) is 0 Å². The molecule has 1 aliphatic rings. The van der Waals surface area contributed by atoms with Crippen LogP contribution in [-0.4, -0.2) is 40.9 Å². The number of hydrogen-bond acceptors (Lipinski definition) is 3. The molecule has 4 heteroatoms. The van der Waals surface area contributed by atoms with Crippen molar-refractivity contribution in [3.63, 3.8) is 0 Å². The first-order valence-corrected chi connectivity index (χ1v) is 6.27. The lowest BCUT2D eigenvalue weighted by atomic mass is 10.00. The third kappa shape index (κ3) is 2.83. The van der Waals surface area contributed by atoms with E-state index in [0.29, 0.717) is 6.54 Å². The van der Waals surface area contributed by atoms with E-state index in [0.717, 1.165) is 24.0 Å². The summed E-state index contributed by atoms with van der Waals surface area (Å²) in [7, 11) is 0. The van der Waals surface area contributed by atoms with Gasteiger partial charge in [-0.1, -0.05) is 22.0 Å². The molecule has 0 saturated carbocycles. The summed E-state index contributed by atoms with van der Waals surface area (Å²) in [4.78, 5) is 2.18. The average Bonchev–Trinajstić information content (AvgIpc) is 2.29. The van der Waals surface area contributed by atoms with Gasteiger partial charge in [-0.05, 0) is 29.7 Å². The van der Waals surface area contributed by atoms with Gasteiger partial charge in [-0.3, -0.25) is 4.90 Å². The van der Waals surface area contributed by atoms with Gasteiger partial charge in [0.05, 0.1) is 12.7 Å². The van der Waals surface area contributed by atoms with E-state index in [4.69, 9.17) is 5.11 Å². The molecular formula is C12H16BrNO2. The molecule has 1 heterocycles. The average molecular weight is 286 g/mol. The number of halogens is 1. The summed E-state index contributed by atoms with van der Waals surface area (Å²) in [6.07, 6.45) is 0.379. The summed E-state index contributed by atoms with van der Waals surface area (Å²) in [6, 6.07) is 6.33. The second kappa shape index (κ2) is 5.27. The molecule has 1 aromatic carbocycles. The number of aliphatic hydroxyl groups is 2. The number of hydrogen-bond donors (Lipinski definition) is 2. The maximum Gasteiger partial charge on any atom is 0.0897 e. The Balaban J connectivity index is 2.03. The number of β-amino-alcohol motifs (C(OH)–C–C–N with tert-alkyl or cyclic N) is 1. The number of benzene rings is 1. The second-order valence-electron chi connectivity index (χ2n) is 4.23. The predicted octanol–water partition coefficient (Wildman–Crippen LogP) is 1.16. The molecule has 2 N–H and O–H groups in total. The zero-order valence-corrected chi connectivity index (χ0v) is 10.7. The lowest BCUT2D eigenvalue weighted by Crippen LogP contribution is -2.37. The van der Waals surface area contributed by atoms with Crippen molar-refractivity contribution in [1.82, 2.24) is 4.90 Å². The lowest BCUT2D eigenvalue weighted by Gasteiger charge is -2.30. The van der Waals surface area contributed by atoms with Crippen molar-refractivity contribution >= 4 is 15.9 Å². The molecule has 0 bridgehead atoms. The molecule has 0 spiro atoms. The van der Waals surface area contributed by atoms with Gasteiger partial charge in [0.15, 0.2) is 0 Å². The Labute approximate surface area is 104 Å². The van der Waals surface area contributed by atoms with E-state index in [1.165, 1.54) is 11.1 Å². The minimum absolute atomic E-state index is 0.163. The van der Waals surface area contributed by atoms with E-state index < -0.39 is 6.10 Å². The molecular weight excluding hydrogens is 270 g/mol. The molecule has 3 nitrogen and oxygen atoms in total. The fourth-order valence-corrected chi connectivity index (χ4v) is 2.50.